The number of hydrogen-bond acceptors (Lipinski definition) is 5. The summed E-state index contributed by atoms with van der Waals surface area (Å²) in [7, 11) is 0. The Bertz CT molecular complexity index is 1290. The van der Waals surface area contributed by atoms with Gasteiger partial charge in [0.15, 0.2) is 5.65 Å². The summed E-state index contributed by atoms with van der Waals surface area (Å²) in [6.07, 6.45) is 1.64. The SMILES string of the molecule is O=c1cccc2nc3nc4c(ccc5occcc54)cc3nc12. The summed E-state index contributed by atoms with van der Waals surface area (Å²) in [5, 5.41) is 1.86. The van der Waals surface area contributed by atoms with E-state index in [0.717, 1.165) is 21.9 Å². The smallest absolute Gasteiger partial charge is 0.206 e. The quantitative estimate of drug-likeness (QED) is 0.323. The van der Waals surface area contributed by atoms with E-state index in [0.29, 0.717) is 22.2 Å². The standard InChI is InChI=1S/C18H9N3O2/c22-14-5-1-4-12-17(14)19-13-9-10-6-7-15-11(3-2-8-23-15)16(10)21-18(13)20-12/h1-9H. The average molecular weight is 299 g/mol. The molecule has 3 aromatic heterocycles. The summed E-state index contributed by atoms with van der Waals surface area (Å²) in [6, 6.07) is 14.5. The van der Waals surface area contributed by atoms with Crippen LogP contribution >= 0.6 is 0 Å². The van der Waals surface area contributed by atoms with Crippen molar-refractivity contribution >= 4 is 44.1 Å². The maximum Gasteiger partial charge on any atom is 0.206 e. The van der Waals surface area contributed by atoms with Crippen LogP contribution in [0.2, 0.25) is 0 Å². The Labute approximate surface area is 129 Å². The molecule has 5 rings (SSSR count). The Morgan fingerprint density at radius 3 is 2.74 bits per heavy atom. The molecule has 5 nitrogen and oxygen atoms in total. The molecule has 0 atom stereocenters. The van der Waals surface area contributed by atoms with E-state index in [-0.39, 0.29) is 5.43 Å². The van der Waals surface area contributed by atoms with Crippen molar-refractivity contribution in [1.82, 2.24) is 15.0 Å². The van der Waals surface area contributed by atoms with E-state index in [2.05, 4.69) is 15.0 Å². The molecule has 5 aromatic rings. The van der Waals surface area contributed by atoms with Crippen LogP contribution in [0.3, 0.4) is 0 Å². The Hall–Kier alpha value is -3.34. The molecular formula is C18H9N3O2. The van der Waals surface area contributed by atoms with Crippen LogP contribution in [0.4, 0.5) is 0 Å². The van der Waals surface area contributed by atoms with E-state index in [1.165, 1.54) is 6.07 Å². The Morgan fingerprint density at radius 2 is 1.78 bits per heavy atom. The maximum atomic E-state index is 11.9. The molecule has 0 saturated heterocycles. The van der Waals surface area contributed by atoms with Crippen LogP contribution < -0.4 is 5.43 Å². The zero-order chi connectivity index (χ0) is 15.4. The van der Waals surface area contributed by atoms with Crippen LogP contribution in [0.5, 0.6) is 0 Å². The molecule has 0 aliphatic rings. The fourth-order valence-electron chi connectivity index (χ4n) is 2.85. The van der Waals surface area contributed by atoms with Crippen molar-refractivity contribution in [2.75, 3.05) is 0 Å². The van der Waals surface area contributed by atoms with Crippen molar-refractivity contribution in [3.8, 4) is 0 Å². The number of benzene rings is 2. The minimum atomic E-state index is -0.130. The second-order valence-corrected chi connectivity index (χ2v) is 5.34. The predicted molar refractivity (Wildman–Crippen MR) is 88.4 cm³/mol. The number of hydrogen-bond donors (Lipinski definition) is 0. The van der Waals surface area contributed by atoms with Crippen molar-refractivity contribution < 1.29 is 4.42 Å². The number of fused-ring (bicyclic) bond motifs is 5. The lowest BCUT2D eigenvalue weighted by molar-refractivity contribution is 0.604. The molecule has 0 N–H and O–H groups in total. The zero-order valence-electron chi connectivity index (χ0n) is 11.9. The third-order valence-corrected chi connectivity index (χ3v) is 3.92. The summed E-state index contributed by atoms with van der Waals surface area (Å²) < 4.78 is 5.50. The molecule has 108 valence electrons. The highest BCUT2D eigenvalue weighted by molar-refractivity contribution is 6.06. The van der Waals surface area contributed by atoms with Crippen LogP contribution in [0.25, 0.3) is 44.1 Å². The van der Waals surface area contributed by atoms with Gasteiger partial charge in [0, 0.05) is 10.8 Å². The molecule has 0 radical (unpaired) electrons. The second kappa shape index (κ2) is 4.33. The lowest BCUT2D eigenvalue weighted by atomic mass is 10.1. The van der Waals surface area contributed by atoms with Gasteiger partial charge in [-0.25, -0.2) is 15.0 Å². The topological polar surface area (TPSA) is 68.9 Å². The van der Waals surface area contributed by atoms with Crippen molar-refractivity contribution in [2.24, 2.45) is 0 Å². The first-order valence-corrected chi connectivity index (χ1v) is 7.17. The minimum Gasteiger partial charge on any atom is -0.464 e. The van der Waals surface area contributed by atoms with Crippen LogP contribution in [-0.2, 0) is 0 Å². The molecular weight excluding hydrogens is 290 g/mol. The van der Waals surface area contributed by atoms with Gasteiger partial charge in [0.1, 0.15) is 16.6 Å². The van der Waals surface area contributed by atoms with Gasteiger partial charge in [-0.05, 0) is 42.5 Å². The van der Waals surface area contributed by atoms with Gasteiger partial charge < -0.3 is 4.42 Å². The highest BCUT2D eigenvalue weighted by atomic mass is 16.3. The number of para-hydroxylation sites is 1. The van der Waals surface area contributed by atoms with Gasteiger partial charge >= 0.3 is 0 Å². The van der Waals surface area contributed by atoms with Crippen LogP contribution in [-0.4, -0.2) is 15.0 Å². The fourth-order valence-corrected chi connectivity index (χ4v) is 2.85. The van der Waals surface area contributed by atoms with Gasteiger partial charge in [-0.1, -0.05) is 6.07 Å². The molecule has 2 aromatic carbocycles. The Morgan fingerprint density at radius 1 is 0.826 bits per heavy atom. The normalized spacial score (nSPS) is 11.7. The monoisotopic (exact) mass is 299 g/mol. The lowest BCUT2D eigenvalue weighted by Gasteiger charge is -2.05. The molecule has 0 fully saturated rings. The minimum absolute atomic E-state index is 0.130. The molecule has 0 unspecified atom stereocenters. The summed E-state index contributed by atoms with van der Waals surface area (Å²) in [6.45, 7) is 0. The van der Waals surface area contributed by atoms with Crippen molar-refractivity contribution in [3.05, 3.63) is 65.0 Å². The third-order valence-electron chi connectivity index (χ3n) is 3.92. The van der Waals surface area contributed by atoms with Gasteiger partial charge in [-0.15, -0.1) is 0 Å². The molecule has 0 saturated carbocycles. The van der Waals surface area contributed by atoms with Crippen LogP contribution in [0.1, 0.15) is 0 Å². The molecule has 0 amide bonds. The van der Waals surface area contributed by atoms with Gasteiger partial charge in [-0.2, -0.15) is 0 Å². The zero-order valence-corrected chi connectivity index (χ0v) is 11.9. The molecule has 0 aliphatic heterocycles. The van der Waals surface area contributed by atoms with E-state index < -0.39 is 0 Å². The van der Waals surface area contributed by atoms with E-state index >= 15 is 0 Å². The van der Waals surface area contributed by atoms with Gasteiger partial charge in [-0.3, -0.25) is 4.79 Å². The average Bonchev–Trinajstić information content (AvgIpc) is 2.59. The Kier molecular flexibility index (Phi) is 2.30. The van der Waals surface area contributed by atoms with Gasteiger partial charge in [0.2, 0.25) is 5.43 Å². The third kappa shape index (κ3) is 1.73. The summed E-state index contributed by atoms with van der Waals surface area (Å²) >= 11 is 0. The summed E-state index contributed by atoms with van der Waals surface area (Å²) in [5.74, 6) is 0. The first-order chi connectivity index (χ1) is 11.3. The number of pyridine rings is 1. The lowest BCUT2D eigenvalue weighted by Crippen LogP contribution is -2.03. The van der Waals surface area contributed by atoms with Crippen LogP contribution in [0.15, 0.2) is 64.0 Å². The number of aromatic nitrogens is 3. The van der Waals surface area contributed by atoms with E-state index in [1.807, 2.05) is 30.3 Å². The highest BCUT2D eigenvalue weighted by Crippen LogP contribution is 2.26. The van der Waals surface area contributed by atoms with E-state index in [9.17, 15) is 4.79 Å². The van der Waals surface area contributed by atoms with Crippen molar-refractivity contribution in [3.63, 3.8) is 0 Å². The second-order valence-electron chi connectivity index (χ2n) is 5.34. The molecule has 0 aliphatic carbocycles. The Balaban J connectivity index is 1.99. The van der Waals surface area contributed by atoms with Gasteiger partial charge in [0.05, 0.1) is 17.3 Å². The molecule has 3 heterocycles. The van der Waals surface area contributed by atoms with E-state index in [1.54, 1.807) is 18.4 Å². The molecule has 5 heteroatoms. The van der Waals surface area contributed by atoms with Crippen LogP contribution in [0, 0.1) is 0 Å². The molecule has 0 bridgehead atoms. The molecule has 23 heavy (non-hydrogen) atoms. The predicted octanol–water partition coefficient (Wildman–Crippen LogP) is 3.44. The number of nitrogens with zero attached hydrogens (tertiary/aromatic N) is 3. The first-order valence-electron chi connectivity index (χ1n) is 7.17. The number of rotatable bonds is 0. The largest absolute Gasteiger partial charge is 0.464 e. The van der Waals surface area contributed by atoms with Crippen molar-refractivity contribution in [1.29, 1.82) is 0 Å². The fraction of sp³-hybridized carbons (Fsp3) is 0. The highest BCUT2D eigenvalue weighted by Gasteiger charge is 2.09. The maximum absolute atomic E-state index is 11.9. The first kappa shape index (κ1) is 12.2. The molecule has 0 spiro atoms. The van der Waals surface area contributed by atoms with Gasteiger partial charge in [0.25, 0.3) is 0 Å². The van der Waals surface area contributed by atoms with E-state index in [4.69, 9.17) is 4.42 Å². The summed E-state index contributed by atoms with van der Waals surface area (Å²) in [4.78, 5) is 25.5. The van der Waals surface area contributed by atoms with Crippen molar-refractivity contribution in [2.45, 2.75) is 0 Å². The summed E-state index contributed by atoms with van der Waals surface area (Å²) in [5.41, 5.74) is 3.51.